The molecule has 0 aliphatic carbocycles. The zero-order valence-electron chi connectivity index (χ0n) is 13.2. The van der Waals surface area contributed by atoms with E-state index in [2.05, 4.69) is 50.3 Å². The molecule has 0 saturated carbocycles. The summed E-state index contributed by atoms with van der Waals surface area (Å²) in [4.78, 5) is 16.0. The van der Waals surface area contributed by atoms with Gasteiger partial charge in [0.05, 0.1) is 22.8 Å². The van der Waals surface area contributed by atoms with Crippen LogP contribution in [0.5, 0.6) is 0 Å². The van der Waals surface area contributed by atoms with Crippen LogP contribution in [0.1, 0.15) is 22.8 Å². The number of H-pyrrole nitrogens is 2. The Morgan fingerprint density at radius 1 is 0.480 bits per heavy atom. The molecular formula is C20H14N4Tb. The molecule has 8 bridgehead atoms. The summed E-state index contributed by atoms with van der Waals surface area (Å²) in [6, 6.07) is 16.4. The SMILES string of the molecule is C1=Cc2cc3ccc(cc4ccc(cc5nc(cc1n2)C=C5)[nH]4)[nH]3.[Tb]. The van der Waals surface area contributed by atoms with Crippen LogP contribution in [0, 0.1) is 38.6 Å². The molecule has 5 heterocycles. The molecule has 25 heavy (non-hydrogen) atoms. The Kier molecular flexibility index (Phi) is 4.35. The van der Waals surface area contributed by atoms with Gasteiger partial charge in [-0.2, -0.15) is 0 Å². The molecule has 4 nitrogen and oxygen atoms in total. The third-order valence-corrected chi connectivity index (χ3v) is 4.04. The van der Waals surface area contributed by atoms with Gasteiger partial charge in [0.2, 0.25) is 0 Å². The number of rotatable bonds is 0. The fourth-order valence-electron chi connectivity index (χ4n) is 2.94. The minimum Gasteiger partial charge on any atom is -0.355 e. The first-order chi connectivity index (χ1) is 11.8. The fraction of sp³-hybridized carbons (Fsp3) is 0. The third kappa shape index (κ3) is 3.48. The van der Waals surface area contributed by atoms with Crippen molar-refractivity contribution >= 4 is 46.4 Å². The summed E-state index contributed by atoms with van der Waals surface area (Å²) in [5, 5.41) is 0. The molecule has 0 aromatic carbocycles. The van der Waals surface area contributed by atoms with Crippen LogP contribution in [-0.4, -0.2) is 19.9 Å². The van der Waals surface area contributed by atoms with E-state index < -0.39 is 0 Å². The van der Waals surface area contributed by atoms with Gasteiger partial charge in [0.15, 0.2) is 0 Å². The van der Waals surface area contributed by atoms with Gasteiger partial charge in [0, 0.05) is 60.7 Å². The predicted molar refractivity (Wildman–Crippen MR) is 98.9 cm³/mol. The smallest absolute Gasteiger partial charge is 0.0659 e. The molecule has 5 rings (SSSR count). The molecule has 2 aliphatic rings. The maximum atomic E-state index is 4.62. The molecule has 1 radical (unpaired) electrons. The van der Waals surface area contributed by atoms with E-state index in [1.807, 2.05) is 42.5 Å². The minimum atomic E-state index is 0. The van der Waals surface area contributed by atoms with E-state index in [0.29, 0.717) is 0 Å². The molecular weight excluding hydrogens is 455 g/mol. The van der Waals surface area contributed by atoms with Crippen LogP contribution in [0.2, 0.25) is 0 Å². The van der Waals surface area contributed by atoms with E-state index >= 15 is 0 Å². The van der Waals surface area contributed by atoms with Gasteiger partial charge in [0.1, 0.15) is 0 Å². The summed E-state index contributed by atoms with van der Waals surface area (Å²) >= 11 is 0. The third-order valence-electron chi connectivity index (χ3n) is 4.04. The van der Waals surface area contributed by atoms with Crippen molar-refractivity contribution in [3.05, 3.63) is 71.3 Å². The second-order valence-corrected chi connectivity index (χ2v) is 5.91. The molecule has 0 amide bonds. The average Bonchev–Trinajstić information content (AvgIpc) is 3.32. The summed E-state index contributed by atoms with van der Waals surface area (Å²) in [7, 11) is 0. The Labute approximate surface area is 175 Å². The predicted octanol–water partition coefficient (Wildman–Crippen LogP) is 4.66. The van der Waals surface area contributed by atoms with Crippen molar-refractivity contribution < 1.29 is 38.6 Å². The molecule has 0 fully saturated rings. The summed E-state index contributed by atoms with van der Waals surface area (Å²) in [6.45, 7) is 0. The first-order valence-electron chi connectivity index (χ1n) is 7.85. The van der Waals surface area contributed by atoms with Crippen LogP contribution in [0.15, 0.2) is 48.5 Å². The molecule has 0 spiro atoms. The van der Waals surface area contributed by atoms with Crippen molar-refractivity contribution in [1.82, 2.24) is 19.9 Å². The van der Waals surface area contributed by atoms with E-state index in [0.717, 1.165) is 44.8 Å². The second kappa shape index (κ2) is 6.65. The van der Waals surface area contributed by atoms with Crippen LogP contribution in [0.4, 0.5) is 0 Å². The van der Waals surface area contributed by atoms with Gasteiger partial charge in [-0.3, -0.25) is 0 Å². The quantitative estimate of drug-likeness (QED) is 0.347. The number of hydrogen-bond donors (Lipinski definition) is 2. The topological polar surface area (TPSA) is 57.4 Å². The van der Waals surface area contributed by atoms with E-state index in [1.165, 1.54) is 0 Å². The number of nitrogens with zero attached hydrogens (tertiary/aromatic N) is 2. The van der Waals surface area contributed by atoms with Gasteiger partial charge in [-0.25, -0.2) is 9.97 Å². The number of hydrogen-bond acceptors (Lipinski definition) is 2. The molecule has 0 atom stereocenters. The summed E-state index contributed by atoms with van der Waals surface area (Å²) in [6.07, 6.45) is 8.05. The molecule has 3 aromatic rings. The molecule has 123 valence electrons. The zero-order chi connectivity index (χ0) is 15.9. The Bertz CT molecular complexity index is 1080. The fourth-order valence-corrected chi connectivity index (χ4v) is 2.94. The van der Waals surface area contributed by atoms with Crippen molar-refractivity contribution in [2.75, 3.05) is 0 Å². The van der Waals surface area contributed by atoms with Crippen LogP contribution in [0.3, 0.4) is 0 Å². The first kappa shape index (κ1) is 16.4. The Morgan fingerprint density at radius 3 is 1.28 bits per heavy atom. The van der Waals surface area contributed by atoms with Gasteiger partial charge in [-0.1, -0.05) is 0 Å². The summed E-state index contributed by atoms with van der Waals surface area (Å²) in [5.41, 5.74) is 7.86. The maximum Gasteiger partial charge on any atom is 0.0659 e. The van der Waals surface area contributed by atoms with Gasteiger partial charge < -0.3 is 9.97 Å². The molecule has 3 aromatic heterocycles. The van der Waals surface area contributed by atoms with Crippen LogP contribution >= 0.6 is 0 Å². The van der Waals surface area contributed by atoms with Crippen LogP contribution in [0.25, 0.3) is 46.4 Å². The van der Waals surface area contributed by atoms with Crippen LogP contribution in [-0.2, 0) is 0 Å². The minimum absolute atomic E-state index is 0. The Morgan fingerprint density at radius 2 is 0.840 bits per heavy atom. The molecule has 2 aliphatic heterocycles. The van der Waals surface area contributed by atoms with Crippen molar-refractivity contribution in [3.8, 4) is 0 Å². The van der Waals surface area contributed by atoms with Gasteiger partial charge in [0.25, 0.3) is 0 Å². The normalized spacial score (nSPS) is 12.2. The van der Waals surface area contributed by atoms with Crippen molar-refractivity contribution in [1.29, 1.82) is 0 Å². The number of aromatic amines is 2. The largest absolute Gasteiger partial charge is 0.355 e. The van der Waals surface area contributed by atoms with E-state index in [-0.39, 0.29) is 38.6 Å². The second-order valence-electron chi connectivity index (χ2n) is 5.91. The zero-order valence-corrected chi connectivity index (χ0v) is 15.3. The van der Waals surface area contributed by atoms with Gasteiger partial charge >= 0.3 is 0 Å². The average molecular weight is 469 g/mol. The van der Waals surface area contributed by atoms with Crippen molar-refractivity contribution in [3.63, 3.8) is 0 Å². The van der Waals surface area contributed by atoms with E-state index in [9.17, 15) is 0 Å². The molecule has 0 saturated heterocycles. The Hall–Kier alpha value is -2.11. The number of nitrogens with one attached hydrogen (secondary N) is 2. The van der Waals surface area contributed by atoms with Crippen molar-refractivity contribution in [2.24, 2.45) is 0 Å². The van der Waals surface area contributed by atoms with Crippen molar-refractivity contribution in [2.45, 2.75) is 0 Å². The van der Waals surface area contributed by atoms with E-state index in [4.69, 9.17) is 0 Å². The number of fused-ring (bicyclic) bond motifs is 8. The molecule has 0 unspecified atom stereocenters. The van der Waals surface area contributed by atoms with Crippen LogP contribution < -0.4 is 0 Å². The van der Waals surface area contributed by atoms with Gasteiger partial charge in [-0.15, -0.1) is 0 Å². The summed E-state index contributed by atoms with van der Waals surface area (Å²) in [5.74, 6) is 0. The standard InChI is InChI=1S/C20H14N4.Tb/c1-2-14-10-16-5-6-18(23-16)12-20-8-7-19(24-20)11-17-4-3-15(22-17)9-13(1)21-14;/h1-12,21-22H;. The van der Waals surface area contributed by atoms with Gasteiger partial charge in [-0.05, 0) is 72.8 Å². The van der Waals surface area contributed by atoms with E-state index in [1.54, 1.807) is 0 Å². The monoisotopic (exact) mass is 469 g/mol. The molecule has 5 heteroatoms. The summed E-state index contributed by atoms with van der Waals surface area (Å²) < 4.78 is 0. The number of aromatic nitrogens is 4. The first-order valence-corrected chi connectivity index (χ1v) is 7.85. The molecule has 2 N–H and O–H groups in total. The Balaban J connectivity index is 0.00000157. The maximum absolute atomic E-state index is 4.62.